The molecule has 0 unspecified atom stereocenters. The van der Waals surface area contributed by atoms with Crippen molar-refractivity contribution in [3.8, 4) is 0 Å². The van der Waals surface area contributed by atoms with E-state index in [4.69, 9.17) is 26.8 Å². The largest absolute Gasteiger partial charge is 0.329 e. The molecule has 0 aliphatic rings. The molecule has 0 saturated heterocycles. The fourth-order valence-electron chi connectivity index (χ4n) is 0. The topological polar surface area (TPSA) is 115 Å². The summed E-state index contributed by atoms with van der Waals surface area (Å²) in [5, 5.41) is 13.6. The van der Waals surface area contributed by atoms with Gasteiger partial charge in [-0.3, -0.25) is 0 Å². The van der Waals surface area contributed by atoms with Gasteiger partial charge in [0.2, 0.25) is 0 Å². The molecule has 9 heavy (non-hydrogen) atoms. The number of nitrogens with two attached hydrogens (primary N) is 2. The van der Waals surface area contributed by atoms with Gasteiger partial charge in [0.05, 0.1) is 0 Å². The third-order valence-corrected chi connectivity index (χ3v) is 0.167. The van der Waals surface area contributed by atoms with E-state index in [1.54, 1.807) is 0 Å². The number of hydrogen-bond acceptors (Lipinski definition) is 4. The summed E-state index contributed by atoms with van der Waals surface area (Å²) in [6, 6.07) is 0. The van der Waals surface area contributed by atoms with Gasteiger partial charge in [-0.05, 0) is 0 Å². The van der Waals surface area contributed by atoms with Crippen molar-refractivity contribution in [2.75, 3.05) is 13.1 Å². The molecule has 0 bridgehead atoms. The van der Waals surface area contributed by atoms with Crippen molar-refractivity contribution in [3.63, 3.8) is 0 Å². The summed E-state index contributed by atoms with van der Waals surface area (Å²) < 4.78 is 0. The molecule has 6 nitrogen and oxygen atoms in total. The molecule has 60 valence electrons. The second kappa shape index (κ2) is 15.7. The summed E-state index contributed by atoms with van der Waals surface area (Å²) in [4.78, 5) is 8.36. The van der Waals surface area contributed by atoms with Crippen molar-refractivity contribution in [2.24, 2.45) is 11.5 Å². The van der Waals surface area contributed by atoms with Crippen molar-refractivity contribution in [2.45, 2.75) is 0 Å². The van der Waals surface area contributed by atoms with Crippen LogP contribution in [0.1, 0.15) is 0 Å². The Hall–Kier alpha value is -0.218. The zero-order chi connectivity index (χ0) is 6.99. The Labute approximate surface area is 66.0 Å². The maximum Gasteiger partial charge on any atom is 0.291 e. The van der Waals surface area contributed by atoms with Crippen LogP contribution in [0.15, 0.2) is 0 Å². The van der Waals surface area contributed by atoms with Crippen LogP contribution in [0, 0.1) is 10.1 Å². The Bertz CT molecular complexity index is 55.0. The van der Waals surface area contributed by atoms with E-state index in [1.807, 2.05) is 0 Å². The maximum absolute atomic E-state index is 8.36. The zero-order valence-corrected chi connectivity index (χ0v) is 6.15. The van der Waals surface area contributed by atoms with E-state index >= 15 is 0 Å². The van der Waals surface area contributed by atoms with Gasteiger partial charge in [-0.1, -0.05) is 0 Å². The predicted molar refractivity (Wildman–Crippen MR) is 26.9 cm³/mol. The van der Waals surface area contributed by atoms with Crippen LogP contribution >= 0.6 is 0 Å². The van der Waals surface area contributed by atoms with Crippen LogP contribution in [-0.4, -0.2) is 23.4 Å². The molecule has 0 amide bonds. The first-order valence-corrected chi connectivity index (χ1v) is 1.88. The molecule has 0 aromatic carbocycles. The summed E-state index contributed by atoms with van der Waals surface area (Å²) in [7, 11) is 0. The number of rotatable bonds is 1. The minimum Gasteiger partial charge on any atom is -0.329 e. The van der Waals surface area contributed by atoms with E-state index < -0.39 is 5.09 Å². The first kappa shape index (κ1) is 15.9. The third-order valence-electron chi connectivity index (χ3n) is 0.167. The molecule has 0 heterocycles. The molecule has 7 heteroatoms. The normalized spacial score (nSPS) is 6.00. The predicted octanol–water partition coefficient (Wildman–Crippen LogP) is -1.45. The average Bonchev–Trinajstić information content (AvgIpc) is 1.65. The van der Waals surface area contributed by atoms with E-state index in [9.17, 15) is 0 Å². The smallest absolute Gasteiger partial charge is 0.291 e. The summed E-state index contributed by atoms with van der Waals surface area (Å²) in [5.74, 6) is 0. The average molecular weight is 230 g/mol. The van der Waals surface area contributed by atoms with Crippen molar-refractivity contribution in [3.05, 3.63) is 10.1 Å². The molecule has 0 rings (SSSR count). The van der Waals surface area contributed by atoms with Crippen LogP contribution in [0.5, 0.6) is 0 Å². The second-order valence-electron chi connectivity index (χ2n) is 0.815. The fraction of sp³-hybridized carbons (Fsp3) is 1.00. The van der Waals surface area contributed by atoms with Crippen LogP contribution < -0.4 is 11.5 Å². The summed E-state index contributed by atoms with van der Waals surface area (Å²) in [6.45, 7) is 1.19. The Morgan fingerprint density at radius 3 is 1.56 bits per heavy atom. The summed E-state index contributed by atoms with van der Waals surface area (Å²) in [6.07, 6.45) is 0. The molecule has 0 aromatic rings. The van der Waals surface area contributed by atoms with Crippen molar-refractivity contribution in [1.82, 2.24) is 0 Å². The van der Waals surface area contributed by atoms with E-state index in [2.05, 4.69) is 0 Å². The van der Waals surface area contributed by atoms with E-state index in [1.165, 1.54) is 0 Å². The SMILES string of the molecule is NCCN.O=[N+]([O-])O.[Pd]. The Morgan fingerprint density at radius 2 is 1.56 bits per heavy atom. The van der Waals surface area contributed by atoms with Crippen LogP contribution in [0.2, 0.25) is 0 Å². The molecule has 0 aromatic heterocycles. The van der Waals surface area contributed by atoms with Gasteiger partial charge in [-0.25, -0.2) is 0 Å². The molecule has 0 spiro atoms. The first-order chi connectivity index (χ1) is 3.65. The Morgan fingerprint density at radius 1 is 1.44 bits per heavy atom. The minimum absolute atomic E-state index is 0. The minimum atomic E-state index is -1.50. The molecular weight excluding hydrogens is 220 g/mol. The van der Waals surface area contributed by atoms with Gasteiger partial charge >= 0.3 is 0 Å². The number of nitrogens with zero attached hydrogens (tertiary/aromatic N) is 1. The van der Waals surface area contributed by atoms with E-state index in [0.29, 0.717) is 13.1 Å². The summed E-state index contributed by atoms with van der Waals surface area (Å²) >= 11 is 0. The van der Waals surface area contributed by atoms with Crippen molar-refractivity contribution < 1.29 is 30.7 Å². The standard InChI is InChI=1S/C2H8N2.HNO3.Pd/c3-1-2-4;2-1(3)4;/h1-4H2;(H,2,3,4);. The molecular formula is C2H9N3O3Pd. The van der Waals surface area contributed by atoms with Gasteiger partial charge in [0.1, 0.15) is 0 Å². The zero-order valence-electron chi connectivity index (χ0n) is 4.60. The van der Waals surface area contributed by atoms with Gasteiger partial charge in [0.15, 0.2) is 0 Å². The molecule has 0 saturated carbocycles. The third kappa shape index (κ3) is 425. The van der Waals surface area contributed by atoms with Crippen molar-refractivity contribution in [1.29, 1.82) is 0 Å². The molecule has 0 aliphatic carbocycles. The molecule has 0 fully saturated rings. The van der Waals surface area contributed by atoms with Crippen LogP contribution in [-0.2, 0) is 20.4 Å². The quantitative estimate of drug-likeness (QED) is 0.289. The van der Waals surface area contributed by atoms with Crippen LogP contribution in [0.3, 0.4) is 0 Å². The monoisotopic (exact) mass is 229 g/mol. The second-order valence-corrected chi connectivity index (χ2v) is 0.815. The number of hydrogen-bond donors (Lipinski definition) is 3. The Balaban J connectivity index is -0.0000000720. The van der Waals surface area contributed by atoms with Crippen molar-refractivity contribution >= 4 is 0 Å². The summed E-state index contributed by atoms with van der Waals surface area (Å²) in [5.41, 5.74) is 9.81. The molecule has 0 aliphatic heterocycles. The fourth-order valence-corrected chi connectivity index (χ4v) is 0. The molecule has 0 atom stereocenters. The maximum atomic E-state index is 8.36. The van der Waals surface area contributed by atoms with Crippen LogP contribution in [0.4, 0.5) is 0 Å². The van der Waals surface area contributed by atoms with E-state index in [-0.39, 0.29) is 20.4 Å². The van der Waals surface area contributed by atoms with Gasteiger partial charge in [-0.15, -0.1) is 10.1 Å². The van der Waals surface area contributed by atoms with Gasteiger partial charge in [-0.2, -0.15) is 0 Å². The molecule has 5 N–H and O–H groups in total. The van der Waals surface area contributed by atoms with E-state index in [0.717, 1.165) is 0 Å². The first-order valence-electron chi connectivity index (χ1n) is 1.88. The van der Waals surface area contributed by atoms with Gasteiger partial charge in [0.25, 0.3) is 5.09 Å². The van der Waals surface area contributed by atoms with Gasteiger partial charge < -0.3 is 16.7 Å². The van der Waals surface area contributed by atoms with Gasteiger partial charge in [0, 0.05) is 33.5 Å². The molecule has 0 radical (unpaired) electrons. The van der Waals surface area contributed by atoms with Crippen LogP contribution in [0.25, 0.3) is 0 Å². The Kier molecular flexibility index (Phi) is 27.7.